The molecule has 1 atom stereocenters. The molecule has 0 spiro atoms. The largest absolute Gasteiger partial charge is 0.385 e. The number of nitrogens with one attached hydrogen (secondary N) is 1. The van der Waals surface area contributed by atoms with E-state index in [4.69, 9.17) is 0 Å². The molecule has 1 N–H and O–H groups in total. The second-order valence-corrected chi connectivity index (χ2v) is 5.68. The number of aromatic nitrogens is 3. The molecule has 1 aromatic heterocycles. The zero-order valence-corrected chi connectivity index (χ0v) is 12.0. The van der Waals surface area contributed by atoms with E-state index in [0.717, 1.165) is 44.1 Å². The van der Waals surface area contributed by atoms with E-state index in [-0.39, 0.29) is 0 Å². The highest BCUT2D eigenvalue weighted by Gasteiger charge is 2.19. The van der Waals surface area contributed by atoms with Gasteiger partial charge in [-0.15, -0.1) is 10.2 Å². The highest BCUT2D eigenvalue weighted by Crippen LogP contribution is 2.20. The Labute approximate surface area is 120 Å². The maximum atomic E-state index is 4.36. The summed E-state index contributed by atoms with van der Waals surface area (Å²) in [6, 6.07) is 10.3. The van der Waals surface area contributed by atoms with E-state index in [1.165, 1.54) is 17.9 Å². The SMILES string of the molecule is CC1CCn2c(CCCNc3ccccc3)nnc2C1. The van der Waals surface area contributed by atoms with Crippen molar-refractivity contribution in [1.29, 1.82) is 0 Å². The van der Waals surface area contributed by atoms with Gasteiger partial charge in [0.1, 0.15) is 11.6 Å². The molecule has 0 saturated carbocycles. The van der Waals surface area contributed by atoms with Gasteiger partial charge in [0.05, 0.1) is 0 Å². The number of nitrogens with zero attached hydrogens (tertiary/aromatic N) is 3. The molecule has 4 heteroatoms. The summed E-state index contributed by atoms with van der Waals surface area (Å²) in [5.74, 6) is 3.08. The van der Waals surface area contributed by atoms with Crippen molar-refractivity contribution in [3.05, 3.63) is 42.0 Å². The maximum absolute atomic E-state index is 4.36. The lowest BCUT2D eigenvalue weighted by molar-refractivity contribution is 0.402. The summed E-state index contributed by atoms with van der Waals surface area (Å²) in [4.78, 5) is 0. The molecule has 1 unspecified atom stereocenters. The maximum Gasteiger partial charge on any atom is 0.133 e. The van der Waals surface area contributed by atoms with Gasteiger partial charge in [0, 0.05) is 31.6 Å². The molecule has 1 aliphatic rings. The smallest absolute Gasteiger partial charge is 0.133 e. The molecule has 106 valence electrons. The average Bonchev–Trinajstić information content (AvgIpc) is 2.87. The molecule has 1 aliphatic heterocycles. The lowest BCUT2D eigenvalue weighted by Gasteiger charge is -2.20. The molecule has 1 aromatic carbocycles. The zero-order chi connectivity index (χ0) is 13.8. The fourth-order valence-electron chi connectivity index (χ4n) is 2.76. The van der Waals surface area contributed by atoms with E-state index in [1.807, 2.05) is 6.07 Å². The van der Waals surface area contributed by atoms with Crippen molar-refractivity contribution >= 4 is 5.69 Å². The molecule has 0 amide bonds. The van der Waals surface area contributed by atoms with Crippen LogP contribution in [0.5, 0.6) is 0 Å². The molecule has 0 radical (unpaired) electrons. The zero-order valence-electron chi connectivity index (χ0n) is 12.0. The Morgan fingerprint density at radius 3 is 2.95 bits per heavy atom. The molecular formula is C16H22N4. The molecule has 0 saturated heterocycles. The third-order valence-electron chi connectivity index (χ3n) is 3.96. The third kappa shape index (κ3) is 3.00. The van der Waals surface area contributed by atoms with E-state index in [9.17, 15) is 0 Å². The van der Waals surface area contributed by atoms with Crippen LogP contribution < -0.4 is 5.32 Å². The number of hydrogen-bond acceptors (Lipinski definition) is 3. The van der Waals surface area contributed by atoms with Crippen molar-refractivity contribution in [3.63, 3.8) is 0 Å². The van der Waals surface area contributed by atoms with E-state index in [2.05, 4.69) is 51.3 Å². The van der Waals surface area contributed by atoms with Crippen LogP contribution in [0.15, 0.2) is 30.3 Å². The minimum absolute atomic E-state index is 0.749. The molecule has 2 aromatic rings. The van der Waals surface area contributed by atoms with Gasteiger partial charge in [-0.3, -0.25) is 0 Å². The number of fused-ring (bicyclic) bond motifs is 1. The quantitative estimate of drug-likeness (QED) is 0.850. The normalized spacial score (nSPS) is 17.8. The Morgan fingerprint density at radius 2 is 2.10 bits per heavy atom. The minimum atomic E-state index is 0.749. The standard InChI is InChI=1S/C16H22N4/c1-13-9-11-20-15(18-19-16(20)12-13)8-5-10-17-14-6-3-2-4-7-14/h2-4,6-7,13,17H,5,8-12H2,1H3. The number of rotatable bonds is 5. The van der Waals surface area contributed by atoms with Crippen LogP contribution in [-0.4, -0.2) is 21.3 Å². The van der Waals surface area contributed by atoms with Crippen LogP contribution in [0.4, 0.5) is 5.69 Å². The van der Waals surface area contributed by atoms with Gasteiger partial charge in [0.15, 0.2) is 0 Å². The summed E-state index contributed by atoms with van der Waals surface area (Å²) in [7, 11) is 0. The average molecular weight is 270 g/mol. The van der Waals surface area contributed by atoms with E-state index >= 15 is 0 Å². The van der Waals surface area contributed by atoms with E-state index < -0.39 is 0 Å². The first kappa shape index (κ1) is 13.2. The van der Waals surface area contributed by atoms with Gasteiger partial charge in [-0.2, -0.15) is 0 Å². The van der Waals surface area contributed by atoms with Crippen LogP contribution in [0.1, 0.15) is 31.4 Å². The fraction of sp³-hybridized carbons (Fsp3) is 0.500. The van der Waals surface area contributed by atoms with E-state index in [1.54, 1.807) is 0 Å². The van der Waals surface area contributed by atoms with Crippen molar-refractivity contribution in [2.45, 2.75) is 39.2 Å². The number of benzene rings is 1. The highest BCUT2D eigenvalue weighted by atomic mass is 15.3. The molecule has 0 bridgehead atoms. The van der Waals surface area contributed by atoms with E-state index in [0.29, 0.717) is 0 Å². The first-order chi connectivity index (χ1) is 9.83. The topological polar surface area (TPSA) is 42.7 Å². The number of anilines is 1. The molecule has 0 aliphatic carbocycles. The number of aryl methyl sites for hydroxylation is 1. The summed E-state index contributed by atoms with van der Waals surface area (Å²) < 4.78 is 2.32. The van der Waals surface area contributed by atoms with Crippen LogP contribution >= 0.6 is 0 Å². The van der Waals surface area contributed by atoms with Gasteiger partial charge < -0.3 is 9.88 Å². The summed E-state index contributed by atoms with van der Waals surface area (Å²) in [6.45, 7) is 4.36. The van der Waals surface area contributed by atoms with Gasteiger partial charge >= 0.3 is 0 Å². The molecule has 2 heterocycles. The molecule has 20 heavy (non-hydrogen) atoms. The van der Waals surface area contributed by atoms with Crippen molar-refractivity contribution in [2.75, 3.05) is 11.9 Å². The fourth-order valence-corrected chi connectivity index (χ4v) is 2.76. The van der Waals surface area contributed by atoms with Gasteiger partial charge in [-0.1, -0.05) is 25.1 Å². The highest BCUT2D eigenvalue weighted by molar-refractivity contribution is 5.42. The van der Waals surface area contributed by atoms with Crippen LogP contribution in [-0.2, 0) is 19.4 Å². The second-order valence-electron chi connectivity index (χ2n) is 5.68. The molecular weight excluding hydrogens is 248 g/mol. The Balaban J connectivity index is 1.50. The minimum Gasteiger partial charge on any atom is -0.385 e. The van der Waals surface area contributed by atoms with Gasteiger partial charge in [0.25, 0.3) is 0 Å². The van der Waals surface area contributed by atoms with Gasteiger partial charge in [-0.05, 0) is 30.9 Å². The monoisotopic (exact) mass is 270 g/mol. The first-order valence-corrected chi connectivity index (χ1v) is 7.53. The summed E-state index contributed by atoms with van der Waals surface area (Å²) in [5.41, 5.74) is 1.18. The number of hydrogen-bond donors (Lipinski definition) is 1. The lowest BCUT2D eigenvalue weighted by atomic mass is 10.0. The molecule has 3 rings (SSSR count). The Morgan fingerprint density at radius 1 is 1.25 bits per heavy atom. The summed E-state index contributed by atoms with van der Waals surface area (Å²) in [5, 5.41) is 12.1. The predicted molar refractivity (Wildman–Crippen MR) is 80.8 cm³/mol. The van der Waals surface area contributed by atoms with Crippen LogP contribution in [0, 0.1) is 5.92 Å². The second kappa shape index (κ2) is 6.07. The number of para-hydroxylation sites is 1. The van der Waals surface area contributed by atoms with Crippen LogP contribution in [0.2, 0.25) is 0 Å². The Kier molecular flexibility index (Phi) is 4.00. The van der Waals surface area contributed by atoms with Crippen molar-refractivity contribution in [1.82, 2.24) is 14.8 Å². The first-order valence-electron chi connectivity index (χ1n) is 7.53. The van der Waals surface area contributed by atoms with Crippen molar-refractivity contribution in [2.24, 2.45) is 5.92 Å². The van der Waals surface area contributed by atoms with Crippen molar-refractivity contribution < 1.29 is 0 Å². The molecule has 0 fully saturated rings. The third-order valence-corrected chi connectivity index (χ3v) is 3.96. The van der Waals surface area contributed by atoms with Crippen molar-refractivity contribution in [3.8, 4) is 0 Å². The van der Waals surface area contributed by atoms with Gasteiger partial charge in [0.2, 0.25) is 0 Å². The summed E-state index contributed by atoms with van der Waals surface area (Å²) in [6.07, 6.45) is 4.42. The van der Waals surface area contributed by atoms with Crippen LogP contribution in [0.25, 0.3) is 0 Å². The Hall–Kier alpha value is -1.84. The summed E-state index contributed by atoms with van der Waals surface area (Å²) >= 11 is 0. The Bertz CT molecular complexity index is 547. The van der Waals surface area contributed by atoms with Crippen LogP contribution in [0.3, 0.4) is 0 Å². The lowest BCUT2D eigenvalue weighted by Crippen LogP contribution is -2.19. The van der Waals surface area contributed by atoms with Gasteiger partial charge in [-0.25, -0.2) is 0 Å². The molecule has 4 nitrogen and oxygen atoms in total. The predicted octanol–water partition coefficient (Wildman–Crippen LogP) is 2.91.